The van der Waals surface area contributed by atoms with E-state index in [0.29, 0.717) is 17.5 Å². The Morgan fingerprint density at radius 3 is 1.53 bits per heavy atom. The Labute approximate surface area is 294 Å². The molecule has 0 atom stereocenters. The van der Waals surface area contributed by atoms with Crippen LogP contribution in [0.3, 0.4) is 0 Å². The van der Waals surface area contributed by atoms with Gasteiger partial charge in [0.1, 0.15) is 11.2 Å². The maximum absolute atomic E-state index is 6.71. The van der Waals surface area contributed by atoms with E-state index < -0.39 is 0 Å². The first-order chi connectivity index (χ1) is 25.3. The van der Waals surface area contributed by atoms with Gasteiger partial charge in [-0.2, -0.15) is 0 Å². The largest absolute Gasteiger partial charge is 0.455 e. The van der Waals surface area contributed by atoms with E-state index in [2.05, 4.69) is 109 Å². The van der Waals surface area contributed by atoms with Gasteiger partial charge in [-0.3, -0.25) is 0 Å². The molecule has 0 radical (unpaired) electrons. The lowest BCUT2D eigenvalue weighted by atomic mass is 9.89. The number of hydrogen-bond acceptors (Lipinski definition) is 4. The van der Waals surface area contributed by atoms with Crippen molar-refractivity contribution in [3.8, 4) is 56.4 Å². The molecule has 0 spiro atoms. The summed E-state index contributed by atoms with van der Waals surface area (Å²) < 4.78 is 6.71. The first kappa shape index (κ1) is 29.0. The van der Waals surface area contributed by atoms with Gasteiger partial charge in [0.15, 0.2) is 17.5 Å². The molecule has 4 heteroatoms. The minimum Gasteiger partial charge on any atom is -0.455 e. The third-order valence-corrected chi connectivity index (χ3v) is 9.72. The highest BCUT2D eigenvalue weighted by atomic mass is 16.3. The van der Waals surface area contributed by atoms with E-state index in [9.17, 15) is 0 Å². The zero-order chi connectivity index (χ0) is 33.7. The van der Waals surface area contributed by atoms with Gasteiger partial charge in [-0.05, 0) is 62.7 Å². The van der Waals surface area contributed by atoms with E-state index in [-0.39, 0.29) is 0 Å². The standard InChI is InChI=1S/C47H29N3O/c1-4-14-30(15-5-1)33-24-25-34-29-41(43-39-22-12-13-23-42(39)51-44(43)40(34)28-33)37-26-27-38(36-21-11-10-20-35(36)37)47-49-45(31-16-6-2-7-17-31)48-46(50-47)32-18-8-3-9-19-32/h1-29H. The van der Waals surface area contributed by atoms with Gasteiger partial charge in [0.25, 0.3) is 0 Å². The molecule has 0 aliphatic rings. The molecule has 51 heavy (non-hydrogen) atoms. The van der Waals surface area contributed by atoms with Crippen molar-refractivity contribution in [3.05, 3.63) is 176 Å². The molecule has 0 bridgehead atoms. The van der Waals surface area contributed by atoms with Crippen LogP contribution in [0.25, 0.3) is 99.9 Å². The molecule has 2 aromatic heterocycles. The van der Waals surface area contributed by atoms with Crippen molar-refractivity contribution in [2.45, 2.75) is 0 Å². The van der Waals surface area contributed by atoms with Gasteiger partial charge in [-0.15, -0.1) is 0 Å². The predicted octanol–water partition coefficient (Wildman–Crippen LogP) is 12.4. The lowest BCUT2D eigenvalue weighted by Gasteiger charge is -2.15. The maximum Gasteiger partial charge on any atom is 0.164 e. The molecule has 0 unspecified atom stereocenters. The van der Waals surface area contributed by atoms with E-state index in [0.717, 1.165) is 76.9 Å². The fraction of sp³-hybridized carbons (Fsp3) is 0. The average Bonchev–Trinajstić information content (AvgIpc) is 3.61. The lowest BCUT2D eigenvalue weighted by molar-refractivity contribution is 0.673. The Hall–Kier alpha value is -6.91. The van der Waals surface area contributed by atoms with Crippen molar-refractivity contribution in [3.63, 3.8) is 0 Å². The SMILES string of the molecule is c1ccc(-c2ccc3cc(-c4ccc(-c5nc(-c6ccccc6)nc(-c6ccccc6)n5)c5ccccc45)c4c5ccccc5oc4c3c2)cc1. The quantitative estimate of drug-likeness (QED) is 0.186. The van der Waals surface area contributed by atoms with Gasteiger partial charge in [0.2, 0.25) is 0 Å². The molecule has 8 aromatic carbocycles. The monoisotopic (exact) mass is 651 g/mol. The van der Waals surface area contributed by atoms with Gasteiger partial charge in [0, 0.05) is 32.8 Å². The summed E-state index contributed by atoms with van der Waals surface area (Å²) in [5.74, 6) is 1.92. The molecule has 10 aromatic rings. The Balaban J connectivity index is 1.22. The van der Waals surface area contributed by atoms with Crippen LogP contribution in [0, 0.1) is 0 Å². The first-order valence-corrected chi connectivity index (χ1v) is 17.1. The van der Waals surface area contributed by atoms with Crippen molar-refractivity contribution >= 4 is 43.5 Å². The van der Waals surface area contributed by atoms with Crippen LogP contribution in [-0.2, 0) is 0 Å². The summed E-state index contributed by atoms with van der Waals surface area (Å²) in [4.78, 5) is 15.1. The molecular weight excluding hydrogens is 623 g/mol. The van der Waals surface area contributed by atoms with Gasteiger partial charge in [-0.25, -0.2) is 15.0 Å². The zero-order valence-corrected chi connectivity index (χ0v) is 27.5. The van der Waals surface area contributed by atoms with Crippen molar-refractivity contribution < 1.29 is 4.42 Å². The number of benzene rings is 8. The normalized spacial score (nSPS) is 11.5. The smallest absolute Gasteiger partial charge is 0.164 e. The van der Waals surface area contributed by atoms with Crippen molar-refractivity contribution in [2.75, 3.05) is 0 Å². The van der Waals surface area contributed by atoms with E-state index in [1.807, 2.05) is 66.7 Å². The van der Waals surface area contributed by atoms with Gasteiger partial charge >= 0.3 is 0 Å². The Morgan fingerprint density at radius 1 is 0.333 bits per heavy atom. The van der Waals surface area contributed by atoms with Gasteiger partial charge in [0.05, 0.1) is 0 Å². The van der Waals surface area contributed by atoms with Gasteiger partial charge < -0.3 is 4.42 Å². The summed E-state index contributed by atoms with van der Waals surface area (Å²) in [5, 5.41) is 6.62. The molecule has 2 heterocycles. The number of hydrogen-bond donors (Lipinski definition) is 0. The number of nitrogens with zero attached hydrogens (tertiary/aromatic N) is 3. The molecule has 0 aliphatic carbocycles. The molecule has 0 fully saturated rings. The fourth-order valence-corrected chi connectivity index (χ4v) is 7.29. The third-order valence-electron chi connectivity index (χ3n) is 9.72. The van der Waals surface area contributed by atoms with Crippen LogP contribution in [-0.4, -0.2) is 15.0 Å². The van der Waals surface area contributed by atoms with E-state index >= 15 is 0 Å². The summed E-state index contributed by atoms with van der Waals surface area (Å²) in [5.41, 5.74) is 9.20. The summed E-state index contributed by atoms with van der Waals surface area (Å²) in [7, 11) is 0. The highest BCUT2D eigenvalue weighted by Crippen LogP contribution is 2.45. The van der Waals surface area contributed by atoms with Crippen LogP contribution < -0.4 is 0 Å². The zero-order valence-electron chi connectivity index (χ0n) is 27.5. The predicted molar refractivity (Wildman–Crippen MR) is 209 cm³/mol. The van der Waals surface area contributed by atoms with Gasteiger partial charge in [-0.1, -0.05) is 152 Å². The molecule has 0 amide bonds. The molecule has 0 N–H and O–H groups in total. The van der Waals surface area contributed by atoms with Crippen LogP contribution >= 0.6 is 0 Å². The summed E-state index contributed by atoms with van der Waals surface area (Å²) in [6, 6.07) is 61.0. The molecule has 0 saturated heterocycles. The second-order valence-electron chi connectivity index (χ2n) is 12.8. The number of aromatic nitrogens is 3. The van der Waals surface area contributed by atoms with Crippen LogP contribution in [0.2, 0.25) is 0 Å². The van der Waals surface area contributed by atoms with Crippen LogP contribution in [0.15, 0.2) is 180 Å². The first-order valence-electron chi connectivity index (χ1n) is 17.1. The maximum atomic E-state index is 6.71. The highest BCUT2D eigenvalue weighted by molar-refractivity contribution is 6.23. The Kier molecular flexibility index (Phi) is 6.78. The number of furan rings is 1. The van der Waals surface area contributed by atoms with E-state index in [1.54, 1.807) is 0 Å². The average molecular weight is 652 g/mol. The van der Waals surface area contributed by atoms with Crippen LogP contribution in [0.4, 0.5) is 0 Å². The van der Waals surface area contributed by atoms with Crippen LogP contribution in [0.1, 0.15) is 0 Å². The van der Waals surface area contributed by atoms with E-state index in [4.69, 9.17) is 19.4 Å². The Bertz CT molecular complexity index is 2840. The summed E-state index contributed by atoms with van der Waals surface area (Å²) in [6.07, 6.45) is 0. The molecule has 0 saturated carbocycles. The lowest BCUT2D eigenvalue weighted by Crippen LogP contribution is -2.00. The second kappa shape index (κ2) is 11.9. The molecule has 238 valence electrons. The third kappa shape index (κ3) is 4.96. The van der Waals surface area contributed by atoms with E-state index in [1.165, 1.54) is 5.56 Å². The minimum absolute atomic E-state index is 0.635. The second-order valence-corrected chi connectivity index (χ2v) is 12.8. The minimum atomic E-state index is 0.635. The Morgan fingerprint density at radius 2 is 0.863 bits per heavy atom. The molecule has 10 rings (SSSR count). The molecule has 0 aliphatic heterocycles. The fourth-order valence-electron chi connectivity index (χ4n) is 7.29. The van der Waals surface area contributed by atoms with Crippen molar-refractivity contribution in [2.24, 2.45) is 0 Å². The number of para-hydroxylation sites is 1. The molecular formula is C47H29N3O. The number of rotatable bonds is 5. The number of fused-ring (bicyclic) bond motifs is 6. The summed E-state index contributed by atoms with van der Waals surface area (Å²) in [6.45, 7) is 0. The highest BCUT2D eigenvalue weighted by Gasteiger charge is 2.20. The molecule has 4 nitrogen and oxygen atoms in total. The summed E-state index contributed by atoms with van der Waals surface area (Å²) >= 11 is 0. The van der Waals surface area contributed by atoms with Crippen molar-refractivity contribution in [1.29, 1.82) is 0 Å². The van der Waals surface area contributed by atoms with Crippen molar-refractivity contribution in [1.82, 2.24) is 15.0 Å². The van der Waals surface area contributed by atoms with Crippen LogP contribution in [0.5, 0.6) is 0 Å². The topological polar surface area (TPSA) is 51.8 Å².